The minimum absolute atomic E-state index is 0.0271. The van der Waals surface area contributed by atoms with Gasteiger partial charge >= 0.3 is 0 Å². The Balaban J connectivity index is 1.54. The Labute approximate surface area is 204 Å². The van der Waals surface area contributed by atoms with Crippen LogP contribution in [0.4, 0.5) is 0 Å². The van der Waals surface area contributed by atoms with E-state index in [9.17, 15) is 5.11 Å². The van der Waals surface area contributed by atoms with E-state index in [1.54, 1.807) is 7.11 Å². The first-order chi connectivity index (χ1) is 16.0. The minimum atomic E-state index is -0.575. The molecule has 0 bridgehead atoms. The predicted molar refractivity (Wildman–Crippen MR) is 134 cm³/mol. The van der Waals surface area contributed by atoms with E-state index < -0.39 is 6.10 Å². The van der Waals surface area contributed by atoms with E-state index in [0.717, 1.165) is 35.6 Å². The molecule has 0 fully saturated rings. The van der Waals surface area contributed by atoms with Gasteiger partial charge in [-0.25, -0.2) is 0 Å². The highest BCUT2D eigenvalue weighted by Gasteiger charge is 2.49. The zero-order valence-electron chi connectivity index (χ0n) is 21.9. The molecule has 0 spiro atoms. The van der Waals surface area contributed by atoms with Gasteiger partial charge in [-0.1, -0.05) is 46.8 Å². The normalized spacial score (nSPS) is 25.1. The van der Waals surface area contributed by atoms with Crippen molar-refractivity contribution >= 4 is 0 Å². The van der Waals surface area contributed by atoms with Crippen LogP contribution in [-0.4, -0.2) is 37.5 Å². The van der Waals surface area contributed by atoms with Gasteiger partial charge in [0.05, 0.1) is 13.2 Å². The Morgan fingerprint density at radius 3 is 2.47 bits per heavy atom. The van der Waals surface area contributed by atoms with Crippen LogP contribution in [0.1, 0.15) is 86.6 Å². The molecule has 1 aliphatic carbocycles. The quantitative estimate of drug-likeness (QED) is 0.638. The van der Waals surface area contributed by atoms with Crippen molar-refractivity contribution < 1.29 is 19.3 Å². The van der Waals surface area contributed by atoms with Crippen LogP contribution >= 0.6 is 0 Å². The number of methoxy groups -OCH3 is 1. The Hall–Kier alpha value is -2.24. The van der Waals surface area contributed by atoms with Gasteiger partial charge in [-0.05, 0) is 77.4 Å². The SMILES string of the molecule is COc1c2c(cc3c1[C@H](C[C@@H](O)c1cc4c(cc1C)C(C)(C)[C@H](C)C4(C)C)N(C)CC3)OCO2. The highest BCUT2D eigenvalue weighted by Crippen LogP contribution is 2.55. The second-order valence-electron chi connectivity index (χ2n) is 11.6. The summed E-state index contributed by atoms with van der Waals surface area (Å²) in [6.07, 6.45) is 0.942. The molecule has 3 atom stereocenters. The summed E-state index contributed by atoms with van der Waals surface area (Å²) in [7, 11) is 3.82. The van der Waals surface area contributed by atoms with Crippen molar-refractivity contribution in [2.75, 3.05) is 27.5 Å². The summed E-state index contributed by atoms with van der Waals surface area (Å²) in [6.45, 7) is 15.0. The van der Waals surface area contributed by atoms with Crippen LogP contribution in [0.3, 0.4) is 0 Å². The smallest absolute Gasteiger partial charge is 0.231 e. The lowest BCUT2D eigenvalue weighted by Gasteiger charge is -2.37. The molecule has 34 heavy (non-hydrogen) atoms. The number of nitrogens with zero attached hydrogens (tertiary/aromatic N) is 1. The largest absolute Gasteiger partial charge is 0.492 e. The van der Waals surface area contributed by atoms with Crippen molar-refractivity contribution in [2.24, 2.45) is 5.92 Å². The number of aliphatic hydroxyl groups excluding tert-OH is 1. The van der Waals surface area contributed by atoms with Crippen LogP contribution in [0.15, 0.2) is 18.2 Å². The van der Waals surface area contributed by atoms with Crippen LogP contribution < -0.4 is 14.2 Å². The third kappa shape index (κ3) is 3.27. The van der Waals surface area contributed by atoms with Gasteiger partial charge in [-0.2, -0.15) is 0 Å². The maximum atomic E-state index is 11.6. The topological polar surface area (TPSA) is 51.2 Å². The summed E-state index contributed by atoms with van der Waals surface area (Å²) in [6, 6.07) is 6.75. The lowest BCUT2D eigenvalue weighted by molar-refractivity contribution is 0.107. The van der Waals surface area contributed by atoms with E-state index in [2.05, 4.69) is 71.7 Å². The van der Waals surface area contributed by atoms with Gasteiger partial charge in [-0.15, -0.1) is 0 Å². The third-order valence-electron chi connectivity index (χ3n) is 9.31. The van der Waals surface area contributed by atoms with E-state index in [-0.39, 0.29) is 23.7 Å². The summed E-state index contributed by atoms with van der Waals surface area (Å²) in [5.41, 5.74) is 7.53. The van der Waals surface area contributed by atoms with E-state index >= 15 is 0 Å². The van der Waals surface area contributed by atoms with E-state index in [1.807, 2.05) is 0 Å². The minimum Gasteiger partial charge on any atom is -0.492 e. The molecule has 2 aliphatic heterocycles. The maximum Gasteiger partial charge on any atom is 0.231 e. The number of hydrogen-bond donors (Lipinski definition) is 1. The van der Waals surface area contributed by atoms with Crippen molar-refractivity contribution in [1.29, 1.82) is 0 Å². The number of benzene rings is 2. The molecule has 0 saturated heterocycles. The molecule has 0 aromatic heterocycles. The zero-order valence-corrected chi connectivity index (χ0v) is 21.9. The van der Waals surface area contributed by atoms with Crippen molar-refractivity contribution in [3.8, 4) is 17.2 Å². The van der Waals surface area contributed by atoms with Crippen LogP contribution in [0.25, 0.3) is 0 Å². The Morgan fingerprint density at radius 2 is 1.79 bits per heavy atom. The molecule has 5 rings (SSSR count). The number of hydrogen-bond acceptors (Lipinski definition) is 5. The van der Waals surface area contributed by atoms with Gasteiger partial charge in [0.2, 0.25) is 12.5 Å². The molecule has 3 aliphatic rings. The van der Waals surface area contributed by atoms with Gasteiger partial charge < -0.3 is 19.3 Å². The Kier molecular flexibility index (Phi) is 5.45. The molecule has 0 radical (unpaired) electrons. The lowest BCUT2D eigenvalue weighted by Crippen LogP contribution is -2.33. The number of aliphatic hydroxyl groups is 1. The number of rotatable bonds is 4. The Bertz CT molecular complexity index is 1140. The fourth-order valence-corrected chi connectivity index (χ4v) is 6.68. The summed E-state index contributed by atoms with van der Waals surface area (Å²) < 4.78 is 17.3. The molecular formula is C29H39NO4. The zero-order chi connectivity index (χ0) is 24.6. The number of likely N-dealkylation sites (N-methyl/N-ethyl adjacent to an activating group) is 1. The fraction of sp³-hybridized carbons (Fsp3) is 0.586. The fourth-order valence-electron chi connectivity index (χ4n) is 6.68. The van der Waals surface area contributed by atoms with Gasteiger partial charge in [0.1, 0.15) is 0 Å². The van der Waals surface area contributed by atoms with Crippen molar-refractivity contribution in [3.63, 3.8) is 0 Å². The second-order valence-corrected chi connectivity index (χ2v) is 11.6. The molecule has 0 unspecified atom stereocenters. The van der Waals surface area contributed by atoms with Crippen molar-refractivity contribution in [3.05, 3.63) is 51.6 Å². The molecule has 2 aromatic carbocycles. The number of fused-ring (bicyclic) bond motifs is 3. The first-order valence-electron chi connectivity index (χ1n) is 12.5. The summed E-state index contributed by atoms with van der Waals surface area (Å²) in [5.74, 6) is 2.71. The maximum absolute atomic E-state index is 11.6. The standard InChI is InChI=1S/C29H39NO4/c1-16-11-20-21(29(5,6)17(2)28(20,3)4)13-19(16)23(31)14-22-25-18(9-10-30(22)7)12-24-26(27(25)32-8)34-15-33-24/h11-13,17,22-23,31H,9-10,14-15H2,1-8H3/t17-,22-,23+/m0/s1. The highest BCUT2D eigenvalue weighted by atomic mass is 16.7. The van der Waals surface area contributed by atoms with Gasteiger partial charge in [-0.3, -0.25) is 4.90 Å². The van der Waals surface area contributed by atoms with E-state index in [0.29, 0.717) is 18.1 Å². The van der Waals surface area contributed by atoms with Crippen LogP contribution in [0.2, 0.25) is 0 Å². The second kappa shape index (κ2) is 7.89. The molecule has 184 valence electrons. The molecule has 0 amide bonds. The third-order valence-corrected chi connectivity index (χ3v) is 9.31. The van der Waals surface area contributed by atoms with E-state index in [1.165, 1.54) is 22.3 Å². The lowest BCUT2D eigenvalue weighted by atomic mass is 9.71. The summed E-state index contributed by atoms with van der Waals surface area (Å²) in [5, 5.41) is 11.6. The summed E-state index contributed by atoms with van der Waals surface area (Å²) in [4.78, 5) is 2.33. The molecule has 5 nitrogen and oxygen atoms in total. The average Bonchev–Trinajstić information content (AvgIpc) is 3.30. The average molecular weight is 466 g/mol. The van der Waals surface area contributed by atoms with Gasteiger partial charge in [0.25, 0.3) is 0 Å². The van der Waals surface area contributed by atoms with E-state index in [4.69, 9.17) is 14.2 Å². The first-order valence-corrected chi connectivity index (χ1v) is 12.5. The van der Waals surface area contributed by atoms with Crippen LogP contribution in [-0.2, 0) is 17.3 Å². The predicted octanol–water partition coefficient (Wildman–Crippen LogP) is 5.59. The van der Waals surface area contributed by atoms with Crippen molar-refractivity contribution in [2.45, 2.75) is 77.4 Å². The molecule has 1 N–H and O–H groups in total. The molecular weight excluding hydrogens is 426 g/mol. The van der Waals surface area contributed by atoms with Crippen LogP contribution in [0, 0.1) is 12.8 Å². The molecule has 2 heterocycles. The summed E-state index contributed by atoms with van der Waals surface area (Å²) >= 11 is 0. The number of ether oxygens (including phenoxy) is 3. The monoisotopic (exact) mass is 465 g/mol. The Morgan fingerprint density at radius 1 is 1.12 bits per heavy atom. The highest BCUT2D eigenvalue weighted by molar-refractivity contribution is 5.62. The van der Waals surface area contributed by atoms with Crippen molar-refractivity contribution in [1.82, 2.24) is 4.90 Å². The number of aryl methyl sites for hydroxylation is 1. The van der Waals surface area contributed by atoms with Crippen LogP contribution in [0.5, 0.6) is 17.2 Å². The van der Waals surface area contributed by atoms with Gasteiger partial charge in [0, 0.05) is 18.2 Å². The molecule has 5 heteroatoms. The first kappa shape index (κ1) is 23.5. The molecule has 0 saturated carbocycles. The van der Waals surface area contributed by atoms with Gasteiger partial charge in [0.15, 0.2) is 11.5 Å². The molecule has 2 aromatic rings.